The fourth-order valence-corrected chi connectivity index (χ4v) is 2.04. The molecule has 0 spiro atoms. The van der Waals surface area contributed by atoms with E-state index in [2.05, 4.69) is 4.98 Å². The fourth-order valence-electron chi connectivity index (χ4n) is 2.04. The lowest BCUT2D eigenvalue weighted by molar-refractivity contribution is -0.125. The number of hydrogen-bond donors (Lipinski definition) is 0. The van der Waals surface area contributed by atoms with Crippen molar-refractivity contribution in [2.45, 2.75) is 25.7 Å². The molecule has 0 saturated carbocycles. The monoisotopic (exact) mass is 230 g/mol. The molecule has 0 atom stereocenters. The Balaban J connectivity index is 1.94. The van der Waals surface area contributed by atoms with E-state index in [0.29, 0.717) is 0 Å². The maximum atomic E-state index is 11.9. The highest BCUT2D eigenvalue weighted by Gasteiger charge is 2.12. The Bertz CT molecular complexity index is 378. The van der Waals surface area contributed by atoms with Crippen LogP contribution in [0.25, 0.3) is 6.08 Å². The second-order valence-electron chi connectivity index (χ2n) is 4.36. The highest BCUT2D eigenvalue weighted by molar-refractivity contribution is 5.91. The third-order valence-corrected chi connectivity index (χ3v) is 3.02. The summed E-state index contributed by atoms with van der Waals surface area (Å²) >= 11 is 0. The zero-order chi connectivity index (χ0) is 11.9. The minimum atomic E-state index is 0.121. The summed E-state index contributed by atoms with van der Waals surface area (Å²) in [6.07, 6.45) is 11.7. The average Bonchev–Trinajstić information content (AvgIpc) is 2.66. The van der Waals surface area contributed by atoms with Crippen LogP contribution in [-0.4, -0.2) is 28.9 Å². The Labute approximate surface area is 102 Å². The zero-order valence-electron chi connectivity index (χ0n) is 10.0. The summed E-state index contributed by atoms with van der Waals surface area (Å²) in [5, 5.41) is 0. The molecule has 2 heterocycles. The number of nitrogens with zero attached hydrogens (tertiary/aromatic N) is 2. The van der Waals surface area contributed by atoms with Gasteiger partial charge in [0.1, 0.15) is 0 Å². The number of carbonyl (C=O) groups excluding carboxylic acids is 1. The number of amides is 1. The quantitative estimate of drug-likeness (QED) is 0.731. The summed E-state index contributed by atoms with van der Waals surface area (Å²) in [5.74, 6) is 0.121. The molecule has 3 nitrogen and oxygen atoms in total. The smallest absolute Gasteiger partial charge is 0.246 e. The van der Waals surface area contributed by atoms with Gasteiger partial charge in [-0.3, -0.25) is 9.78 Å². The Morgan fingerprint density at radius 2 is 2.00 bits per heavy atom. The van der Waals surface area contributed by atoms with Gasteiger partial charge in [-0.05, 0) is 30.5 Å². The van der Waals surface area contributed by atoms with E-state index in [4.69, 9.17) is 0 Å². The summed E-state index contributed by atoms with van der Waals surface area (Å²) in [4.78, 5) is 17.9. The van der Waals surface area contributed by atoms with Crippen molar-refractivity contribution in [2.75, 3.05) is 13.1 Å². The molecule has 0 aromatic carbocycles. The van der Waals surface area contributed by atoms with Gasteiger partial charge in [0.2, 0.25) is 5.91 Å². The van der Waals surface area contributed by atoms with Crippen molar-refractivity contribution in [1.82, 2.24) is 9.88 Å². The van der Waals surface area contributed by atoms with Gasteiger partial charge in [-0.1, -0.05) is 18.9 Å². The first-order valence-electron chi connectivity index (χ1n) is 6.23. The zero-order valence-corrected chi connectivity index (χ0v) is 10.0. The van der Waals surface area contributed by atoms with Crippen LogP contribution in [0.2, 0.25) is 0 Å². The highest BCUT2D eigenvalue weighted by atomic mass is 16.2. The number of likely N-dealkylation sites (tertiary alicyclic amines) is 1. The molecule has 2 rings (SSSR count). The topological polar surface area (TPSA) is 33.2 Å². The molecule has 1 aromatic rings. The molecule has 1 amide bonds. The van der Waals surface area contributed by atoms with E-state index in [1.165, 1.54) is 12.8 Å². The van der Waals surface area contributed by atoms with E-state index < -0.39 is 0 Å². The van der Waals surface area contributed by atoms with Crippen molar-refractivity contribution < 1.29 is 4.79 Å². The minimum absolute atomic E-state index is 0.121. The maximum absolute atomic E-state index is 11.9. The number of aromatic nitrogens is 1. The van der Waals surface area contributed by atoms with Gasteiger partial charge < -0.3 is 4.90 Å². The second-order valence-corrected chi connectivity index (χ2v) is 4.36. The standard InChI is InChI=1S/C14H18N2O/c17-14(16-10-3-1-2-4-11-16)8-7-13-6-5-9-15-12-13/h5-9,12H,1-4,10-11H2/b8-7+. The SMILES string of the molecule is O=C(/C=C/c1cccnc1)N1CCCCCC1. The molecule has 1 aliphatic heterocycles. The molecule has 0 unspecified atom stereocenters. The van der Waals surface area contributed by atoms with Crippen LogP contribution in [0.1, 0.15) is 31.2 Å². The molecule has 0 aliphatic carbocycles. The molecule has 1 aromatic heterocycles. The van der Waals surface area contributed by atoms with E-state index in [-0.39, 0.29) is 5.91 Å². The van der Waals surface area contributed by atoms with Crippen molar-refractivity contribution in [3.63, 3.8) is 0 Å². The first-order valence-corrected chi connectivity index (χ1v) is 6.23. The molecule has 0 radical (unpaired) electrons. The summed E-state index contributed by atoms with van der Waals surface area (Å²) in [7, 11) is 0. The Hall–Kier alpha value is -1.64. The number of rotatable bonds is 2. The summed E-state index contributed by atoms with van der Waals surface area (Å²) in [6.45, 7) is 1.80. The molecule has 1 aliphatic rings. The van der Waals surface area contributed by atoms with Crippen molar-refractivity contribution in [3.05, 3.63) is 36.2 Å². The second kappa shape index (κ2) is 6.18. The van der Waals surface area contributed by atoms with Gasteiger partial charge >= 0.3 is 0 Å². The van der Waals surface area contributed by atoms with Crippen LogP contribution >= 0.6 is 0 Å². The maximum Gasteiger partial charge on any atom is 0.246 e. The average molecular weight is 230 g/mol. The van der Waals surface area contributed by atoms with Crippen molar-refractivity contribution in [2.24, 2.45) is 0 Å². The van der Waals surface area contributed by atoms with E-state index >= 15 is 0 Å². The van der Waals surface area contributed by atoms with Gasteiger partial charge in [0.25, 0.3) is 0 Å². The predicted molar refractivity (Wildman–Crippen MR) is 68.3 cm³/mol. The number of hydrogen-bond acceptors (Lipinski definition) is 2. The lowest BCUT2D eigenvalue weighted by atomic mass is 10.2. The largest absolute Gasteiger partial charge is 0.339 e. The lowest BCUT2D eigenvalue weighted by Crippen LogP contribution is -2.30. The van der Waals surface area contributed by atoms with Crippen LogP contribution in [0.4, 0.5) is 0 Å². The Morgan fingerprint density at radius 3 is 2.65 bits per heavy atom. The Morgan fingerprint density at radius 1 is 1.24 bits per heavy atom. The minimum Gasteiger partial charge on any atom is -0.339 e. The molecule has 0 N–H and O–H groups in total. The number of pyridine rings is 1. The number of carbonyl (C=O) groups is 1. The molecule has 3 heteroatoms. The highest BCUT2D eigenvalue weighted by Crippen LogP contribution is 2.10. The molecule has 17 heavy (non-hydrogen) atoms. The van der Waals surface area contributed by atoms with Crippen LogP contribution in [0, 0.1) is 0 Å². The first-order chi connectivity index (χ1) is 8.36. The van der Waals surface area contributed by atoms with Gasteiger partial charge in [-0.15, -0.1) is 0 Å². The normalized spacial score (nSPS) is 17.1. The van der Waals surface area contributed by atoms with Gasteiger partial charge in [0, 0.05) is 31.6 Å². The first kappa shape index (κ1) is 11.8. The molecular weight excluding hydrogens is 212 g/mol. The van der Waals surface area contributed by atoms with Crippen molar-refractivity contribution >= 4 is 12.0 Å². The van der Waals surface area contributed by atoms with Crippen molar-refractivity contribution in [3.8, 4) is 0 Å². The van der Waals surface area contributed by atoms with E-state index in [0.717, 1.165) is 31.5 Å². The summed E-state index contributed by atoms with van der Waals surface area (Å²) in [6, 6.07) is 3.81. The van der Waals surface area contributed by atoms with Gasteiger partial charge in [0.05, 0.1) is 0 Å². The predicted octanol–water partition coefficient (Wildman–Crippen LogP) is 2.50. The van der Waals surface area contributed by atoms with Crippen LogP contribution in [-0.2, 0) is 4.79 Å². The molecule has 1 saturated heterocycles. The molecule has 1 fully saturated rings. The van der Waals surface area contributed by atoms with Crippen LogP contribution in [0.5, 0.6) is 0 Å². The summed E-state index contributed by atoms with van der Waals surface area (Å²) < 4.78 is 0. The van der Waals surface area contributed by atoms with Crippen LogP contribution in [0.15, 0.2) is 30.6 Å². The van der Waals surface area contributed by atoms with E-state index in [9.17, 15) is 4.79 Å². The molecular formula is C14H18N2O. The lowest BCUT2D eigenvalue weighted by Gasteiger charge is -2.17. The molecule has 0 bridgehead atoms. The molecule has 90 valence electrons. The van der Waals surface area contributed by atoms with E-state index in [1.807, 2.05) is 23.1 Å². The van der Waals surface area contributed by atoms with Gasteiger partial charge in [0.15, 0.2) is 0 Å². The van der Waals surface area contributed by atoms with Crippen molar-refractivity contribution in [1.29, 1.82) is 0 Å². The van der Waals surface area contributed by atoms with E-state index in [1.54, 1.807) is 18.5 Å². The van der Waals surface area contributed by atoms with Gasteiger partial charge in [-0.25, -0.2) is 0 Å². The fraction of sp³-hybridized carbons (Fsp3) is 0.429. The van der Waals surface area contributed by atoms with Crippen LogP contribution < -0.4 is 0 Å². The van der Waals surface area contributed by atoms with Gasteiger partial charge in [-0.2, -0.15) is 0 Å². The third-order valence-electron chi connectivity index (χ3n) is 3.02. The van der Waals surface area contributed by atoms with Crippen LogP contribution in [0.3, 0.4) is 0 Å². The third kappa shape index (κ3) is 3.70. The Kier molecular flexibility index (Phi) is 4.30. The summed E-state index contributed by atoms with van der Waals surface area (Å²) in [5.41, 5.74) is 0.968.